The summed E-state index contributed by atoms with van der Waals surface area (Å²) in [5, 5.41) is 9.61. The molecule has 0 N–H and O–H groups in total. The monoisotopic (exact) mass is 322 g/mol. The largest absolute Gasteiger partial charge is 0.343 e. The molecule has 4 nitrogen and oxygen atoms in total. The molecule has 1 saturated carbocycles. The van der Waals surface area contributed by atoms with Crippen molar-refractivity contribution in [3.8, 4) is 6.07 Å². The molecule has 0 radical (unpaired) electrons. The van der Waals surface area contributed by atoms with Crippen LogP contribution in [-0.4, -0.2) is 13.0 Å². The van der Waals surface area contributed by atoms with Crippen LogP contribution >= 0.6 is 10.7 Å². The van der Waals surface area contributed by atoms with Gasteiger partial charge in [0.25, 0.3) is 9.05 Å². The van der Waals surface area contributed by atoms with Gasteiger partial charge in [-0.25, -0.2) is 8.42 Å². The van der Waals surface area contributed by atoms with E-state index in [2.05, 4.69) is 6.07 Å². The number of hydrogen-bond acceptors (Lipinski definition) is 3. The van der Waals surface area contributed by atoms with E-state index in [0.29, 0.717) is 24.0 Å². The first-order valence-electron chi connectivity index (χ1n) is 6.77. The van der Waals surface area contributed by atoms with Gasteiger partial charge in [-0.3, -0.25) is 0 Å². The fourth-order valence-corrected chi connectivity index (χ4v) is 4.46. The first kappa shape index (κ1) is 14.4. The molecule has 1 aliphatic carbocycles. The van der Waals surface area contributed by atoms with Gasteiger partial charge >= 0.3 is 0 Å². The maximum atomic E-state index is 11.9. The smallest absolute Gasteiger partial charge is 0.263 e. The van der Waals surface area contributed by atoms with E-state index >= 15 is 0 Å². The van der Waals surface area contributed by atoms with Crippen LogP contribution in [0, 0.1) is 23.7 Å². The number of halogens is 1. The van der Waals surface area contributed by atoms with Crippen molar-refractivity contribution < 1.29 is 8.42 Å². The van der Waals surface area contributed by atoms with Crippen LogP contribution in [-0.2, 0) is 15.6 Å². The summed E-state index contributed by atoms with van der Waals surface area (Å²) in [6.07, 6.45) is 2.52. The van der Waals surface area contributed by atoms with Crippen molar-refractivity contribution in [1.82, 2.24) is 4.57 Å². The molecule has 2 aromatic rings. The second kappa shape index (κ2) is 4.75. The van der Waals surface area contributed by atoms with Gasteiger partial charge in [0, 0.05) is 45.7 Å². The standard InChI is InChI=1S/C15H15ClN2O2S/c1-11-14(21(16,19)20)12-4-2-3-5-13(12)18(11)10-15(6-7-15)8-9-17/h2-5H,6-8,10H2,1H3. The summed E-state index contributed by atoms with van der Waals surface area (Å²) in [4.78, 5) is 0.188. The van der Waals surface area contributed by atoms with Crippen LogP contribution in [0.5, 0.6) is 0 Å². The normalized spacial score (nSPS) is 16.8. The predicted molar refractivity (Wildman–Crippen MR) is 81.6 cm³/mol. The van der Waals surface area contributed by atoms with E-state index in [-0.39, 0.29) is 10.3 Å². The quantitative estimate of drug-likeness (QED) is 0.808. The van der Waals surface area contributed by atoms with E-state index in [4.69, 9.17) is 15.9 Å². The van der Waals surface area contributed by atoms with Crippen LogP contribution in [0.2, 0.25) is 0 Å². The maximum absolute atomic E-state index is 11.9. The van der Waals surface area contributed by atoms with Crippen LogP contribution in [0.25, 0.3) is 10.9 Å². The molecule has 1 aromatic carbocycles. The Hall–Kier alpha value is -1.51. The average molecular weight is 323 g/mol. The van der Waals surface area contributed by atoms with Crippen molar-refractivity contribution in [2.24, 2.45) is 5.41 Å². The summed E-state index contributed by atoms with van der Waals surface area (Å²) in [6.45, 7) is 2.44. The lowest BCUT2D eigenvalue weighted by atomic mass is 10.0. The Balaban J connectivity index is 2.20. The number of benzene rings is 1. The van der Waals surface area contributed by atoms with Gasteiger partial charge in [0.05, 0.1) is 6.07 Å². The zero-order chi connectivity index (χ0) is 15.3. The lowest BCUT2D eigenvalue weighted by Gasteiger charge is -2.15. The van der Waals surface area contributed by atoms with Gasteiger partial charge in [0.2, 0.25) is 0 Å². The van der Waals surface area contributed by atoms with Crippen molar-refractivity contribution in [3.05, 3.63) is 30.0 Å². The van der Waals surface area contributed by atoms with Gasteiger partial charge in [-0.05, 0) is 25.8 Å². The SMILES string of the molecule is Cc1c(S(=O)(=O)Cl)c2ccccc2n1CC1(CC#N)CC1. The van der Waals surface area contributed by atoms with E-state index in [9.17, 15) is 8.42 Å². The molecule has 110 valence electrons. The van der Waals surface area contributed by atoms with Crippen molar-refractivity contribution in [2.45, 2.75) is 37.6 Å². The lowest BCUT2D eigenvalue weighted by molar-refractivity contribution is 0.433. The minimum absolute atomic E-state index is 0.00531. The number of aromatic nitrogens is 1. The van der Waals surface area contributed by atoms with Crippen LogP contribution in [0.4, 0.5) is 0 Å². The Labute approximate surface area is 128 Å². The van der Waals surface area contributed by atoms with Crippen LogP contribution in [0.3, 0.4) is 0 Å². The molecule has 3 rings (SSSR count). The average Bonchev–Trinajstić information content (AvgIpc) is 3.09. The molecule has 0 spiro atoms. The van der Waals surface area contributed by atoms with Crippen molar-refractivity contribution in [2.75, 3.05) is 0 Å². The molecular formula is C15H15ClN2O2S. The molecular weight excluding hydrogens is 308 g/mol. The Kier molecular flexibility index (Phi) is 3.27. The second-order valence-corrected chi connectivity index (χ2v) is 8.29. The summed E-state index contributed by atoms with van der Waals surface area (Å²) < 4.78 is 25.8. The minimum Gasteiger partial charge on any atom is -0.343 e. The molecule has 21 heavy (non-hydrogen) atoms. The maximum Gasteiger partial charge on any atom is 0.263 e. The third kappa shape index (κ3) is 2.43. The molecule has 0 amide bonds. The number of para-hydroxylation sites is 1. The van der Waals surface area contributed by atoms with Gasteiger partial charge in [-0.2, -0.15) is 5.26 Å². The molecule has 1 fully saturated rings. The van der Waals surface area contributed by atoms with E-state index in [1.807, 2.05) is 16.7 Å². The van der Waals surface area contributed by atoms with Crippen molar-refractivity contribution in [3.63, 3.8) is 0 Å². The molecule has 1 aromatic heterocycles. The fourth-order valence-electron chi connectivity index (χ4n) is 2.98. The summed E-state index contributed by atoms with van der Waals surface area (Å²) in [5.41, 5.74) is 1.50. The number of hydrogen-bond donors (Lipinski definition) is 0. The van der Waals surface area contributed by atoms with Gasteiger partial charge in [-0.1, -0.05) is 18.2 Å². The molecule has 6 heteroatoms. The first-order valence-corrected chi connectivity index (χ1v) is 9.08. The highest BCUT2D eigenvalue weighted by Crippen LogP contribution is 2.51. The highest BCUT2D eigenvalue weighted by atomic mass is 35.7. The third-order valence-electron chi connectivity index (χ3n) is 4.32. The minimum atomic E-state index is -3.80. The summed E-state index contributed by atoms with van der Waals surface area (Å²) >= 11 is 0. The molecule has 1 aliphatic rings. The molecule has 0 atom stereocenters. The molecule has 0 unspecified atom stereocenters. The highest BCUT2D eigenvalue weighted by molar-refractivity contribution is 8.14. The summed E-state index contributed by atoms with van der Waals surface area (Å²) in [7, 11) is 1.81. The molecule has 1 heterocycles. The zero-order valence-electron chi connectivity index (χ0n) is 11.6. The summed E-state index contributed by atoms with van der Waals surface area (Å²) in [5.74, 6) is 0. The highest BCUT2D eigenvalue weighted by Gasteiger charge is 2.43. The van der Waals surface area contributed by atoms with Crippen molar-refractivity contribution in [1.29, 1.82) is 5.26 Å². The van der Waals surface area contributed by atoms with E-state index in [1.54, 1.807) is 19.1 Å². The van der Waals surface area contributed by atoms with E-state index in [0.717, 1.165) is 18.4 Å². The van der Waals surface area contributed by atoms with Crippen LogP contribution < -0.4 is 0 Å². The van der Waals surface area contributed by atoms with E-state index < -0.39 is 9.05 Å². The Morgan fingerprint density at radius 2 is 2.05 bits per heavy atom. The van der Waals surface area contributed by atoms with Gasteiger partial charge in [0.15, 0.2) is 0 Å². The van der Waals surface area contributed by atoms with Gasteiger partial charge in [-0.15, -0.1) is 0 Å². The third-order valence-corrected chi connectivity index (χ3v) is 5.79. The second-order valence-electron chi connectivity index (χ2n) is 5.79. The fraction of sp³-hybridized carbons (Fsp3) is 0.400. The van der Waals surface area contributed by atoms with E-state index in [1.165, 1.54) is 0 Å². The Morgan fingerprint density at radius 3 is 2.62 bits per heavy atom. The Morgan fingerprint density at radius 1 is 1.38 bits per heavy atom. The molecule has 0 bridgehead atoms. The molecule has 0 saturated heterocycles. The lowest BCUT2D eigenvalue weighted by Crippen LogP contribution is -2.12. The number of rotatable bonds is 4. The Bertz CT molecular complexity index is 858. The van der Waals surface area contributed by atoms with Gasteiger partial charge in [0.1, 0.15) is 4.90 Å². The topological polar surface area (TPSA) is 62.9 Å². The zero-order valence-corrected chi connectivity index (χ0v) is 13.2. The first-order chi connectivity index (χ1) is 9.88. The number of nitrogens with zero attached hydrogens (tertiary/aromatic N) is 2. The summed E-state index contributed by atoms with van der Waals surface area (Å²) in [6, 6.07) is 9.60. The van der Waals surface area contributed by atoms with Crippen LogP contribution in [0.15, 0.2) is 29.2 Å². The van der Waals surface area contributed by atoms with Crippen LogP contribution in [0.1, 0.15) is 25.0 Å². The number of nitriles is 1. The number of fused-ring (bicyclic) bond motifs is 1. The molecule has 0 aliphatic heterocycles. The predicted octanol–water partition coefficient (Wildman–Crippen LogP) is 3.57. The van der Waals surface area contributed by atoms with Gasteiger partial charge < -0.3 is 4.57 Å². The van der Waals surface area contributed by atoms with Crippen molar-refractivity contribution >= 4 is 30.6 Å².